The smallest absolute Gasteiger partial charge is 0.339 e. The molecule has 1 N–H and O–H groups in total. The third kappa shape index (κ3) is 2.20. The number of carbonyl (C=O) groups is 2. The first-order valence-electron chi connectivity index (χ1n) is 5.33. The molecule has 0 fully saturated rings. The molecule has 1 aromatic rings. The molecule has 1 heterocycles. The summed E-state index contributed by atoms with van der Waals surface area (Å²) in [5.74, 6) is -0.591. The quantitative estimate of drug-likeness (QED) is 0.806. The van der Waals surface area contributed by atoms with E-state index in [-0.39, 0.29) is 5.91 Å². The summed E-state index contributed by atoms with van der Waals surface area (Å²) in [7, 11) is 1.32. The molecule has 17 heavy (non-hydrogen) atoms. The van der Waals surface area contributed by atoms with Crippen LogP contribution in [0.2, 0.25) is 0 Å². The molecule has 0 radical (unpaired) electrons. The van der Waals surface area contributed by atoms with Gasteiger partial charge in [-0.05, 0) is 40.4 Å². The molecular formula is C12H12BrNO3. The molecule has 0 spiro atoms. The molecule has 1 aliphatic rings. The van der Waals surface area contributed by atoms with Gasteiger partial charge in [-0.1, -0.05) is 6.07 Å². The number of ether oxygens (including phenoxy) is 1. The first-order valence-corrected chi connectivity index (χ1v) is 6.12. The predicted molar refractivity (Wildman–Crippen MR) is 66.1 cm³/mol. The molecule has 0 saturated heterocycles. The highest BCUT2D eigenvalue weighted by Crippen LogP contribution is 2.28. The molecule has 0 atom stereocenters. The second-order valence-electron chi connectivity index (χ2n) is 3.81. The Labute approximate surface area is 107 Å². The highest BCUT2D eigenvalue weighted by molar-refractivity contribution is 9.10. The van der Waals surface area contributed by atoms with Crippen LogP contribution >= 0.6 is 15.9 Å². The molecule has 1 aliphatic heterocycles. The lowest BCUT2D eigenvalue weighted by Gasteiger charge is -2.10. The zero-order valence-electron chi connectivity index (χ0n) is 9.38. The summed E-state index contributed by atoms with van der Waals surface area (Å²) in [5.41, 5.74) is 1.88. The Bertz CT molecular complexity index is 485. The van der Waals surface area contributed by atoms with E-state index in [1.165, 1.54) is 7.11 Å². The van der Waals surface area contributed by atoms with Crippen LogP contribution in [0.5, 0.6) is 0 Å². The van der Waals surface area contributed by atoms with Crippen LogP contribution in [0.15, 0.2) is 16.6 Å². The predicted octanol–water partition coefficient (Wildman–Crippen LogP) is 1.91. The molecule has 1 amide bonds. The second kappa shape index (κ2) is 4.87. The summed E-state index contributed by atoms with van der Waals surface area (Å²) in [5, 5.41) is 2.80. The van der Waals surface area contributed by atoms with Crippen molar-refractivity contribution in [2.75, 3.05) is 13.7 Å². The monoisotopic (exact) mass is 297 g/mol. The van der Waals surface area contributed by atoms with Crippen molar-refractivity contribution in [3.8, 4) is 0 Å². The minimum absolute atomic E-state index is 0.143. The Morgan fingerprint density at radius 2 is 2.24 bits per heavy atom. The largest absolute Gasteiger partial charge is 0.465 e. The van der Waals surface area contributed by atoms with Gasteiger partial charge >= 0.3 is 5.97 Å². The summed E-state index contributed by atoms with van der Waals surface area (Å²) in [6.45, 7) is 0.660. The molecule has 4 nitrogen and oxygen atoms in total. The number of methoxy groups -OCH3 is 1. The number of hydrogen-bond acceptors (Lipinski definition) is 3. The fourth-order valence-electron chi connectivity index (χ4n) is 1.91. The molecule has 0 aliphatic carbocycles. The van der Waals surface area contributed by atoms with Gasteiger partial charge in [-0.3, -0.25) is 4.79 Å². The number of hydrogen-bond donors (Lipinski definition) is 1. The van der Waals surface area contributed by atoms with Crippen LogP contribution in [0, 0.1) is 0 Å². The maximum atomic E-state index is 11.9. The van der Waals surface area contributed by atoms with Crippen LogP contribution in [0.3, 0.4) is 0 Å². The average Bonchev–Trinajstić information content (AvgIpc) is 2.51. The fraction of sp³-hybridized carbons (Fsp3) is 0.333. The van der Waals surface area contributed by atoms with E-state index in [4.69, 9.17) is 0 Å². The van der Waals surface area contributed by atoms with E-state index in [0.29, 0.717) is 22.1 Å². The molecule has 0 saturated carbocycles. The van der Waals surface area contributed by atoms with Crippen LogP contribution in [0.25, 0.3) is 0 Å². The minimum Gasteiger partial charge on any atom is -0.465 e. The SMILES string of the molecule is COC(=O)c1ccc2c(c1Br)C(=O)NCCC2. The number of benzene rings is 1. The lowest BCUT2D eigenvalue weighted by molar-refractivity contribution is 0.0599. The second-order valence-corrected chi connectivity index (χ2v) is 4.61. The van der Waals surface area contributed by atoms with Gasteiger partial charge in [-0.15, -0.1) is 0 Å². The Morgan fingerprint density at radius 3 is 2.94 bits per heavy atom. The molecule has 1 aromatic carbocycles. The summed E-state index contributed by atoms with van der Waals surface area (Å²) in [6, 6.07) is 3.50. The molecule has 2 rings (SSSR count). The van der Waals surface area contributed by atoms with E-state index in [1.807, 2.05) is 6.07 Å². The standard InChI is InChI=1S/C12H12BrNO3/c1-17-12(16)8-5-4-7-3-2-6-14-11(15)9(7)10(8)13/h4-5H,2-3,6H2,1H3,(H,14,15). The highest BCUT2D eigenvalue weighted by Gasteiger charge is 2.22. The van der Waals surface area contributed by atoms with Crippen molar-refractivity contribution < 1.29 is 14.3 Å². The van der Waals surface area contributed by atoms with E-state index >= 15 is 0 Å². The lowest BCUT2D eigenvalue weighted by Crippen LogP contribution is -2.23. The number of carbonyl (C=O) groups excluding carboxylic acids is 2. The number of nitrogens with one attached hydrogen (secondary N) is 1. The summed E-state index contributed by atoms with van der Waals surface area (Å²) < 4.78 is 5.19. The average molecular weight is 298 g/mol. The molecular weight excluding hydrogens is 286 g/mol. The van der Waals surface area contributed by atoms with Crippen molar-refractivity contribution in [3.05, 3.63) is 33.3 Å². The van der Waals surface area contributed by atoms with Crippen LogP contribution < -0.4 is 5.32 Å². The van der Waals surface area contributed by atoms with Crippen LogP contribution in [-0.2, 0) is 11.2 Å². The van der Waals surface area contributed by atoms with Crippen molar-refractivity contribution in [2.45, 2.75) is 12.8 Å². The molecule has 0 bridgehead atoms. The van der Waals surface area contributed by atoms with E-state index in [0.717, 1.165) is 18.4 Å². The Morgan fingerprint density at radius 1 is 1.47 bits per heavy atom. The van der Waals surface area contributed by atoms with Gasteiger partial charge in [0.2, 0.25) is 0 Å². The van der Waals surface area contributed by atoms with Gasteiger partial charge in [-0.25, -0.2) is 4.79 Å². The van der Waals surface area contributed by atoms with E-state index in [9.17, 15) is 9.59 Å². The van der Waals surface area contributed by atoms with E-state index in [1.54, 1.807) is 6.07 Å². The van der Waals surface area contributed by atoms with Crippen molar-refractivity contribution in [3.63, 3.8) is 0 Å². The Hall–Kier alpha value is -1.36. The lowest BCUT2D eigenvalue weighted by atomic mass is 10.0. The Balaban J connectivity index is 2.56. The minimum atomic E-state index is -0.447. The highest BCUT2D eigenvalue weighted by atomic mass is 79.9. The zero-order chi connectivity index (χ0) is 12.4. The van der Waals surface area contributed by atoms with Crippen LogP contribution in [0.4, 0.5) is 0 Å². The maximum Gasteiger partial charge on any atom is 0.339 e. The summed E-state index contributed by atoms with van der Waals surface area (Å²) in [6.07, 6.45) is 1.73. The van der Waals surface area contributed by atoms with Gasteiger partial charge in [0.25, 0.3) is 5.91 Å². The number of rotatable bonds is 1. The van der Waals surface area contributed by atoms with Gasteiger partial charge in [0, 0.05) is 11.0 Å². The van der Waals surface area contributed by atoms with Gasteiger partial charge in [0.15, 0.2) is 0 Å². The van der Waals surface area contributed by atoms with Gasteiger partial charge in [0.1, 0.15) is 0 Å². The fourth-order valence-corrected chi connectivity index (χ4v) is 2.64. The number of esters is 1. The topological polar surface area (TPSA) is 55.4 Å². The number of halogens is 1. The third-order valence-corrected chi connectivity index (χ3v) is 3.59. The first-order chi connectivity index (χ1) is 8.15. The third-order valence-electron chi connectivity index (χ3n) is 2.77. The number of fused-ring (bicyclic) bond motifs is 1. The number of aryl methyl sites for hydroxylation is 1. The normalized spacial score (nSPS) is 14.6. The molecule has 5 heteroatoms. The van der Waals surface area contributed by atoms with Crippen molar-refractivity contribution in [1.29, 1.82) is 0 Å². The van der Waals surface area contributed by atoms with Gasteiger partial charge < -0.3 is 10.1 Å². The first kappa shape index (κ1) is 12.1. The van der Waals surface area contributed by atoms with Crippen molar-refractivity contribution in [2.24, 2.45) is 0 Å². The number of amides is 1. The molecule has 0 aromatic heterocycles. The van der Waals surface area contributed by atoms with Crippen LogP contribution in [-0.4, -0.2) is 25.5 Å². The molecule has 90 valence electrons. The summed E-state index contributed by atoms with van der Waals surface area (Å²) >= 11 is 3.32. The van der Waals surface area contributed by atoms with Crippen LogP contribution in [0.1, 0.15) is 32.7 Å². The summed E-state index contributed by atoms with van der Waals surface area (Å²) in [4.78, 5) is 23.4. The Kier molecular flexibility index (Phi) is 3.47. The van der Waals surface area contributed by atoms with Gasteiger partial charge in [-0.2, -0.15) is 0 Å². The van der Waals surface area contributed by atoms with Gasteiger partial charge in [0.05, 0.1) is 18.2 Å². The van der Waals surface area contributed by atoms with Crippen molar-refractivity contribution in [1.82, 2.24) is 5.32 Å². The molecule has 0 unspecified atom stereocenters. The zero-order valence-corrected chi connectivity index (χ0v) is 11.0. The maximum absolute atomic E-state index is 11.9. The van der Waals surface area contributed by atoms with Crippen molar-refractivity contribution >= 4 is 27.8 Å². The van der Waals surface area contributed by atoms with E-state index in [2.05, 4.69) is 26.0 Å². The van der Waals surface area contributed by atoms with E-state index < -0.39 is 5.97 Å².